The first kappa shape index (κ1) is 17.5. The van der Waals surface area contributed by atoms with Gasteiger partial charge in [-0.15, -0.1) is 11.6 Å². The highest BCUT2D eigenvalue weighted by Crippen LogP contribution is 2.20. The summed E-state index contributed by atoms with van der Waals surface area (Å²) in [5.41, 5.74) is 0.784. The molecule has 0 aliphatic heterocycles. The molecule has 5 nitrogen and oxygen atoms in total. The molecule has 0 saturated heterocycles. The number of carbonyl (C=O) groups excluding carboxylic acids is 1. The first-order valence-electron chi connectivity index (χ1n) is 7.60. The van der Waals surface area contributed by atoms with Gasteiger partial charge in [0.1, 0.15) is 5.82 Å². The van der Waals surface area contributed by atoms with Crippen LogP contribution in [0.25, 0.3) is 16.6 Å². The van der Waals surface area contributed by atoms with Crippen molar-refractivity contribution in [2.45, 2.75) is 12.8 Å². The number of fused-ring (bicyclic) bond motifs is 1. The van der Waals surface area contributed by atoms with Crippen LogP contribution in [0.15, 0.2) is 47.3 Å². The monoisotopic (exact) mass is 376 g/mol. The Hall–Kier alpha value is -2.37. The van der Waals surface area contributed by atoms with E-state index in [-0.39, 0.29) is 23.6 Å². The van der Waals surface area contributed by atoms with E-state index in [1.54, 1.807) is 49.4 Å². The quantitative estimate of drug-likeness (QED) is 0.510. The highest BCUT2D eigenvalue weighted by Gasteiger charge is 2.19. The summed E-state index contributed by atoms with van der Waals surface area (Å²) >= 11 is 12.0. The lowest BCUT2D eigenvalue weighted by molar-refractivity contribution is 0.0526. The summed E-state index contributed by atoms with van der Waals surface area (Å²) in [5, 5.41) is 0.773. The second-order valence-electron chi connectivity index (χ2n) is 5.20. The Morgan fingerprint density at radius 3 is 2.72 bits per heavy atom. The molecule has 2 aromatic carbocycles. The van der Waals surface area contributed by atoms with Crippen LogP contribution in [-0.4, -0.2) is 22.1 Å². The molecule has 1 aromatic heterocycles. The van der Waals surface area contributed by atoms with Crippen molar-refractivity contribution in [3.05, 3.63) is 69.2 Å². The second kappa shape index (κ2) is 7.25. The van der Waals surface area contributed by atoms with E-state index in [1.165, 1.54) is 4.57 Å². The lowest BCUT2D eigenvalue weighted by Crippen LogP contribution is -2.25. The third-order valence-corrected chi connectivity index (χ3v) is 4.13. The normalized spacial score (nSPS) is 10.8. The fourth-order valence-electron chi connectivity index (χ4n) is 2.59. The predicted octanol–water partition coefficient (Wildman–Crippen LogP) is 3.95. The SMILES string of the molecule is CCOC(=O)c1ccccc1-n1c(CCl)nc2ccc(Cl)cc2c1=O. The van der Waals surface area contributed by atoms with Gasteiger partial charge in [-0.2, -0.15) is 0 Å². The topological polar surface area (TPSA) is 61.2 Å². The van der Waals surface area contributed by atoms with Crippen LogP contribution in [0, 0.1) is 0 Å². The first-order valence-corrected chi connectivity index (χ1v) is 8.51. The van der Waals surface area contributed by atoms with Gasteiger partial charge in [0.25, 0.3) is 5.56 Å². The number of ether oxygens (including phenoxy) is 1. The van der Waals surface area contributed by atoms with Gasteiger partial charge in [0.05, 0.1) is 34.6 Å². The Bertz CT molecular complexity index is 1010. The van der Waals surface area contributed by atoms with Gasteiger partial charge < -0.3 is 4.74 Å². The molecule has 25 heavy (non-hydrogen) atoms. The molecule has 0 saturated carbocycles. The first-order chi connectivity index (χ1) is 12.1. The summed E-state index contributed by atoms with van der Waals surface area (Å²) in [7, 11) is 0. The van der Waals surface area contributed by atoms with Gasteiger partial charge in [-0.1, -0.05) is 23.7 Å². The van der Waals surface area contributed by atoms with Crippen LogP contribution < -0.4 is 5.56 Å². The maximum atomic E-state index is 13.0. The van der Waals surface area contributed by atoms with Crippen LogP contribution in [0.1, 0.15) is 23.1 Å². The molecule has 0 bridgehead atoms. The van der Waals surface area contributed by atoms with Crippen LogP contribution >= 0.6 is 23.2 Å². The van der Waals surface area contributed by atoms with Gasteiger partial charge >= 0.3 is 5.97 Å². The number of halogens is 2. The van der Waals surface area contributed by atoms with Gasteiger partial charge in [0.2, 0.25) is 0 Å². The van der Waals surface area contributed by atoms with Crippen molar-refractivity contribution >= 4 is 40.1 Å². The van der Waals surface area contributed by atoms with Crippen molar-refractivity contribution in [1.82, 2.24) is 9.55 Å². The number of benzene rings is 2. The van der Waals surface area contributed by atoms with Gasteiger partial charge in [-0.25, -0.2) is 9.78 Å². The van der Waals surface area contributed by atoms with Gasteiger partial charge in [0, 0.05) is 5.02 Å². The van der Waals surface area contributed by atoms with Gasteiger partial charge in [-0.3, -0.25) is 9.36 Å². The Morgan fingerprint density at radius 1 is 1.24 bits per heavy atom. The minimum absolute atomic E-state index is 0.00493. The fraction of sp³-hybridized carbons (Fsp3) is 0.167. The van der Waals surface area contributed by atoms with Crippen molar-refractivity contribution < 1.29 is 9.53 Å². The number of esters is 1. The largest absolute Gasteiger partial charge is 0.462 e. The fourth-order valence-corrected chi connectivity index (χ4v) is 2.94. The molecular formula is C18H14Cl2N2O3. The molecule has 0 unspecified atom stereocenters. The maximum absolute atomic E-state index is 13.0. The van der Waals surface area contributed by atoms with Crippen molar-refractivity contribution in [3.63, 3.8) is 0 Å². The molecule has 3 rings (SSSR count). The van der Waals surface area contributed by atoms with Crippen LogP contribution in [0.4, 0.5) is 0 Å². The van der Waals surface area contributed by atoms with E-state index in [4.69, 9.17) is 27.9 Å². The number of para-hydroxylation sites is 1. The summed E-state index contributed by atoms with van der Waals surface area (Å²) in [6.07, 6.45) is 0. The zero-order valence-corrected chi connectivity index (χ0v) is 14.8. The zero-order chi connectivity index (χ0) is 18.0. The molecule has 0 aliphatic rings. The van der Waals surface area contributed by atoms with Crippen molar-refractivity contribution in [3.8, 4) is 5.69 Å². The minimum Gasteiger partial charge on any atom is -0.462 e. The molecule has 0 amide bonds. The average molecular weight is 377 g/mol. The Balaban J connectivity index is 2.34. The Morgan fingerprint density at radius 2 is 2.00 bits per heavy atom. The van der Waals surface area contributed by atoms with E-state index < -0.39 is 5.97 Å². The summed E-state index contributed by atoms with van der Waals surface area (Å²) in [6.45, 7) is 1.95. The van der Waals surface area contributed by atoms with Crippen molar-refractivity contribution in [2.24, 2.45) is 0 Å². The van der Waals surface area contributed by atoms with Crippen LogP contribution in [0.5, 0.6) is 0 Å². The molecule has 0 N–H and O–H groups in total. The molecule has 0 aliphatic carbocycles. The molecular weight excluding hydrogens is 363 g/mol. The number of aromatic nitrogens is 2. The van der Waals surface area contributed by atoms with E-state index >= 15 is 0 Å². The lowest BCUT2D eigenvalue weighted by atomic mass is 10.1. The van der Waals surface area contributed by atoms with E-state index in [1.807, 2.05) is 0 Å². The molecule has 0 spiro atoms. The average Bonchev–Trinajstić information content (AvgIpc) is 2.62. The van der Waals surface area contributed by atoms with E-state index in [2.05, 4.69) is 4.98 Å². The predicted molar refractivity (Wildman–Crippen MR) is 97.9 cm³/mol. The molecule has 1 heterocycles. The standard InChI is InChI=1S/C18H14Cl2N2O3/c1-2-25-18(24)12-5-3-4-6-15(12)22-16(10-19)21-14-8-7-11(20)9-13(14)17(22)23/h3-9H,2,10H2,1H3. The zero-order valence-electron chi connectivity index (χ0n) is 13.3. The van der Waals surface area contributed by atoms with Crippen LogP contribution in [0.2, 0.25) is 5.02 Å². The molecule has 3 aromatic rings. The molecule has 128 valence electrons. The van der Waals surface area contributed by atoms with Crippen molar-refractivity contribution in [2.75, 3.05) is 6.61 Å². The number of alkyl halides is 1. The number of hydrogen-bond acceptors (Lipinski definition) is 4. The number of rotatable bonds is 4. The third-order valence-electron chi connectivity index (χ3n) is 3.66. The third kappa shape index (κ3) is 3.25. The van der Waals surface area contributed by atoms with E-state index in [9.17, 15) is 9.59 Å². The lowest BCUT2D eigenvalue weighted by Gasteiger charge is -2.15. The van der Waals surface area contributed by atoms with Gasteiger partial charge in [-0.05, 0) is 37.3 Å². The summed E-state index contributed by atoms with van der Waals surface area (Å²) in [5.74, 6) is -0.180. The van der Waals surface area contributed by atoms with Crippen LogP contribution in [-0.2, 0) is 10.6 Å². The molecule has 0 fully saturated rings. The highest BCUT2D eigenvalue weighted by atomic mass is 35.5. The maximum Gasteiger partial charge on any atom is 0.340 e. The highest BCUT2D eigenvalue weighted by molar-refractivity contribution is 6.31. The summed E-state index contributed by atoms with van der Waals surface area (Å²) in [6, 6.07) is 11.6. The van der Waals surface area contributed by atoms with E-state index in [0.717, 1.165) is 0 Å². The Labute approximate surface area is 153 Å². The molecule has 0 atom stereocenters. The summed E-state index contributed by atoms with van der Waals surface area (Å²) < 4.78 is 6.41. The Kier molecular flexibility index (Phi) is 5.06. The van der Waals surface area contributed by atoms with Gasteiger partial charge in [0.15, 0.2) is 0 Å². The van der Waals surface area contributed by atoms with Crippen LogP contribution in [0.3, 0.4) is 0 Å². The number of carbonyl (C=O) groups is 1. The summed E-state index contributed by atoms with van der Waals surface area (Å²) in [4.78, 5) is 29.7. The minimum atomic E-state index is -0.517. The van der Waals surface area contributed by atoms with E-state index in [0.29, 0.717) is 27.4 Å². The molecule has 0 radical (unpaired) electrons. The van der Waals surface area contributed by atoms with Crippen molar-refractivity contribution in [1.29, 1.82) is 0 Å². The number of nitrogens with zero attached hydrogens (tertiary/aromatic N) is 2. The number of hydrogen-bond donors (Lipinski definition) is 0. The second-order valence-corrected chi connectivity index (χ2v) is 5.91. The molecule has 7 heteroatoms. The smallest absolute Gasteiger partial charge is 0.340 e.